The van der Waals surface area contributed by atoms with Crippen molar-refractivity contribution in [3.8, 4) is 0 Å². The van der Waals surface area contributed by atoms with E-state index in [4.69, 9.17) is 0 Å². The van der Waals surface area contributed by atoms with Gasteiger partial charge < -0.3 is 10.2 Å². The van der Waals surface area contributed by atoms with Crippen LogP contribution in [0.2, 0.25) is 0 Å². The van der Waals surface area contributed by atoms with Crippen LogP contribution in [0, 0.1) is 5.41 Å². The van der Waals surface area contributed by atoms with Gasteiger partial charge in [-0.2, -0.15) is 0 Å². The van der Waals surface area contributed by atoms with Gasteiger partial charge in [0.05, 0.1) is 0 Å². The summed E-state index contributed by atoms with van der Waals surface area (Å²) in [5, 5.41) is 3.58. The molecular formula is C16H33IN4. The van der Waals surface area contributed by atoms with E-state index in [1.807, 2.05) is 7.05 Å². The smallest absolute Gasteiger partial charge is 0.193 e. The average molecular weight is 408 g/mol. The predicted molar refractivity (Wildman–Crippen MR) is 102 cm³/mol. The van der Waals surface area contributed by atoms with Crippen LogP contribution in [-0.4, -0.2) is 61.6 Å². The number of aliphatic imine (C=N–C) groups is 1. The maximum Gasteiger partial charge on any atom is 0.193 e. The minimum atomic E-state index is 0. The molecule has 0 aromatic heterocycles. The molecule has 2 fully saturated rings. The number of likely N-dealkylation sites (tertiary alicyclic amines) is 1. The standard InChI is InChI=1S/C16H32N4.HI/c1-5-19(6-2)14(3)12-18-15(17-4)20-11-10-16(13-20)8-7-9-16;/h14H,5-13H2,1-4H3,(H,17,18);1H. The van der Waals surface area contributed by atoms with E-state index in [1.54, 1.807) is 0 Å². The summed E-state index contributed by atoms with van der Waals surface area (Å²) in [4.78, 5) is 9.44. The second kappa shape index (κ2) is 8.56. The van der Waals surface area contributed by atoms with Crippen LogP contribution in [0.4, 0.5) is 0 Å². The summed E-state index contributed by atoms with van der Waals surface area (Å²) in [5.74, 6) is 1.10. The minimum Gasteiger partial charge on any atom is -0.355 e. The van der Waals surface area contributed by atoms with Crippen molar-refractivity contribution in [2.45, 2.75) is 52.5 Å². The van der Waals surface area contributed by atoms with Crippen LogP contribution in [0.1, 0.15) is 46.5 Å². The number of halogens is 1. The first kappa shape index (κ1) is 19.0. The molecule has 1 saturated carbocycles. The van der Waals surface area contributed by atoms with Crippen LogP contribution in [0.3, 0.4) is 0 Å². The molecule has 1 unspecified atom stereocenters. The number of rotatable bonds is 5. The Morgan fingerprint density at radius 1 is 1.29 bits per heavy atom. The summed E-state index contributed by atoms with van der Waals surface area (Å²) < 4.78 is 0. The molecule has 4 nitrogen and oxygen atoms in total. The average Bonchev–Trinajstić information content (AvgIpc) is 2.86. The van der Waals surface area contributed by atoms with Gasteiger partial charge in [-0.1, -0.05) is 20.3 Å². The van der Waals surface area contributed by atoms with Crippen molar-refractivity contribution in [3.63, 3.8) is 0 Å². The molecule has 1 aliphatic heterocycles. The summed E-state index contributed by atoms with van der Waals surface area (Å²) in [7, 11) is 1.91. The van der Waals surface area contributed by atoms with Crippen molar-refractivity contribution in [1.29, 1.82) is 0 Å². The number of likely N-dealkylation sites (N-methyl/N-ethyl adjacent to an activating group) is 1. The highest BCUT2D eigenvalue weighted by Crippen LogP contribution is 2.47. The molecule has 0 aromatic rings. The highest BCUT2D eigenvalue weighted by Gasteiger charge is 2.43. The van der Waals surface area contributed by atoms with Crippen LogP contribution in [0.15, 0.2) is 4.99 Å². The van der Waals surface area contributed by atoms with Crippen molar-refractivity contribution in [2.24, 2.45) is 10.4 Å². The molecule has 21 heavy (non-hydrogen) atoms. The van der Waals surface area contributed by atoms with Crippen molar-refractivity contribution in [3.05, 3.63) is 0 Å². The zero-order valence-corrected chi connectivity index (χ0v) is 16.5. The second-order valence-corrected chi connectivity index (χ2v) is 6.52. The summed E-state index contributed by atoms with van der Waals surface area (Å²) in [6.07, 6.45) is 5.64. The minimum absolute atomic E-state index is 0. The lowest BCUT2D eigenvalue weighted by atomic mass is 9.68. The van der Waals surface area contributed by atoms with Gasteiger partial charge in [0.15, 0.2) is 5.96 Å². The quantitative estimate of drug-likeness (QED) is 0.431. The lowest BCUT2D eigenvalue weighted by Crippen LogP contribution is -2.47. The molecule has 5 heteroatoms. The third-order valence-electron chi connectivity index (χ3n) is 5.36. The molecule has 1 atom stereocenters. The number of hydrogen-bond acceptors (Lipinski definition) is 2. The summed E-state index contributed by atoms with van der Waals surface area (Å²) in [6, 6.07) is 0.557. The molecule has 1 aliphatic carbocycles. The largest absolute Gasteiger partial charge is 0.355 e. The van der Waals surface area contributed by atoms with Gasteiger partial charge in [-0.3, -0.25) is 9.89 Å². The lowest BCUT2D eigenvalue weighted by Gasteiger charge is -2.38. The Hall–Kier alpha value is -0.0400. The second-order valence-electron chi connectivity index (χ2n) is 6.52. The van der Waals surface area contributed by atoms with E-state index < -0.39 is 0 Å². The maximum atomic E-state index is 4.49. The van der Waals surface area contributed by atoms with Gasteiger partial charge in [-0.15, -0.1) is 24.0 Å². The van der Waals surface area contributed by atoms with Gasteiger partial charge in [-0.25, -0.2) is 0 Å². The molecule has 0 aromatic carbocycles. The monoisotopic (exact) mass is 408 g/mol. The lowest BCUT2D eigenvalue weighted by molar-refractivity contribution is 0.151. The fourth-order valence-corrected chi connectivity index (χ4v) is 3.75. The number of nitrogens with zero attached hydrogens (tertiary/aromatic N) is 3. The van der Waals surface area contributed by atoms with E-state index in [2.05, 4.69) is 40.9 Å². The number of guanidine groups is 1. The van der Waals surface area contributed by atoms with E-state index in [9.17, 15) is 0 Å². The Labute approximate surface area is 147 Å². The third-order valence-corrected chi connectivity index (χ3v) is 5.36. The van der Waals surface area contributed by atoms with Crippen molar-refractivity contribution in [1.82, 2.24) is 15.1 Å². The normalized spacial score (nSPS) is 22.1. The molecule has 1 heterocycles. The zero-order valence-electron chi connectivity index (χ0n) is 14.2. The molecule has 0 radical (unpaired) electrons. The Balaban J connectivity index is 0.00000220. The van der Waals surface area contributed by atoms with Crippen LogP contribution in [0.25, 0.3) is 0 Å². The van der Waals surface area contributed by atoms with Gasteiger partial charge in [0, 0.05) is 32.7 Å². The first-order valence-corrected chi connectivity index (χ1v) is 8.34. The molecule has 1 N–H and O–H groups in total. The Morgan fingerprint density at radius 2 is 1.95 bits per heavy atom. The third kappa shape index (κ3) is 4.47. The van der Waals surface area contributed by atoms with Gasteiger partial charge in [0.25, 0.3) is 0 Å². The van der Waals surface area contributed by atoms with Crippen LogP contribution < -0.4 is 5.32 Å². The van der Waals surface area contributed by atoms with E-state index in [0.717, 1.165) is 25.6 Å². The van der Waals surface area contributed by atoms with Crippen molar-refractivity contribution < 1.29 is 0 Å². The van der Waals surface area contributed by atoms with Gasteiger partial charge in [0.1, 0.15) is 0 Å². The first-order chi connectivity index (χ1) is 9.64. The Morgan fingerprint density at radius 3 is 2.38 bits per heavy atom. The molecule has 124 valence electrons. The van der Waals surface area contributed by atoms with E-state index in [1.165, 1.54) is 38.8 Å². The van der Waals surface area contributed by atoms with E-state index >= 15 is 0 Å². The molecule has 2 aliphatic rings. The number of nitrogens with one attached hydrogen (secondary N) is 1. The highest BCUT2D eigenvalue weighted by atomic mass is 127. The van der Waals surface area contributed by atoms with Crippen LogP contribution in [-0.2, 0) is 0 Å². The fourth-order valence-electron chi connectivity index (χ4n) is 3.75. The predicted octanol–water partition coefficient (Wildman–Crippen LogP) is 2.79. The fraction of sp³-hybridized carbons (Fsp3) is 0.938. The zero-order chi connectivity index (χ0) is 14.6. The summed E-state index contributed by atoms with van der Waals surface area (Å²) >= 11 is 0. The molecule has 1 spiro atoms. The van der Waals surface area contributed by atoms with Crippen LogP contribution >= 0.6 is 24.0 Å². The molecular weight excluding hydrogens is 375 g/mol. The molecule has 0 bridgehead atoms. The molecule has 0 amide bonds. The SMILES string of the molecule is CCN(CC)C(C)CNC(=NC)N1CCC2(CCC2)C1.I. The number of hydrogen-bond donors (Lipinski definition) is 1. The molecule has 2 rings (SSSR count). The summed E-state index contributed by atoms with van der Waals surface area (Å²) in [5.41, 5.74) is 0.641. The van der Waals surface area contributed by atoms with Gasteiger partial charge >= 0.3 is 0 Å². The maximum absolute atomic E-state index is 4.49. The van der Waals surface area contributed by atoms with Gasteiger partial charge in [-0.05, 0) is 44.7 Å². The topological polar surface area (TPSA) is 30.9 Å². The van der Waals surface area contributed by atoms with Crippen LogP contribution in [0.5, 0.6) is 0 Å². The highest BCUT2D eigenvalue weighted by molar-refractivity contribution is 14.0. The van der Waals surface area contributed by atoms with Crippen molar-refractivity contribution >= 4 is 29.9 Å². The van der Waals surface area contributed by atoms with Gasteiger partial charge in [0.2, 0.25) is 0 Å². The Kier molecular flexibility index (Phi) is 7.74. The molecule has 1 saturated heterocycles. The Bertz CT molecular complexity index is 337. The van der Waals surface area contributed by atoms with E-state index in [-0.39, 0.29) is 24.0 Å². The first-order valence-electron chi connectivity index (χ1n) is 8.34. The van der Waals surface area contributed by atoms with Crippen molar-refractivity contribution in [2.75, 3.05) is 39.8 Å². The van der Waals surface area contributed by atoms with E-state index in [0.29, 0.717) is 11.5 Å². The summed E-state index contributed by atoms with van der Waals surface area (Å²) in [6.45, 7) is 12.4.